The minimum Gasteiger partial charge on any atom is -0.368 e. The first-order valence-electron chi connectivity index (χ1n) is 8.87. The maximum atomic E-state index is 13.0. The zero-order chi connectivity index (χ0) is 19.7. The highest BCUT2D eigenvalue weighted by molar-refractivity contribution is 6.42. The second-order valence-corrected chi connectivity index (χ2v) is 7.38. The van der Waals surface area contributed by atoms with Gasteiger partial charge in [0.05, 0.1) is 15.7 Å². The number of benzene rings is 2. The lowest BCUT2D eigenvalue weighted by Gasteiger charge is -2.36. The number of carbonyl (C=O) groups excluding carboxylic acids is 1. The molecule has 0 radical (unpaired) electrons. The van der Waals surface area contributed by atoms with Crippen molar-refractivity contribution >= 4 is 34.8 Å². The van der Waals surface area contributed by atoms with Crippen LogP contribution in [-0.4, -0.2) is 57.2 Å². The number of piperazine rings is 1. The van der Waals surface area contributed by atoms with Crippen LogP contribution < -0.4 is 4.90 Å². The number of nitrogens with zero attached hydrogens (tertiary/aromatic N) is 6. The zero-order valence-corrected chi connectivity index (χ0v) is 16.7. The molecule has 144 valence electrons. The summed E-state index contributed by atoms with van der Waals surface area (Å²) < 4.78 is 1.61. The lowest BCUT2D eigenvalue weighted by Crippen LogP contribution is -2.48. The zero-order valence-electron chi connectivity index (χ0n) is 15.2. The predicted octanol–water partition coefficient (Wildman–Crippen LogP) is 3.24. The van der Waals surface area contributed by atoms with Crippen molar-refractivity contribution in [3.8, 4) is 5.69 Å². The monoisotopic (exact) mass is 416 g/mol. The molecule has 0 spiro atoms. The molecule has 0 N–H and O–H groups in total. The van der Waals surface area contributed by atoms with Crippen LogP contribution in [0.15, 0.2) is 42.5 Å². The predicted molar refractivity (Wildman–Crippen MR) is 108 cm³/mol. The SMILES string of the molecule is Cc1nnnn1-c1cccc(C(=O)N2CCN(c3ccc(Cl)c(Cl)c3)CC2)c1. The lowest BCUT2D eigenvalue weighted by molar-refractivity contribution is 0.0746. The fourth-order valence-electron chi connectivity index (χ4n) is 3.27. The minimum atomic E-state index is 0.00126. The van der Waals surface area contributed by atoms with Crippen LogP contribution in [0, 0.1) is 6.92 Å². The molecule has 1 aromatic heterocycles. The second-order valence-electron chi connectivity index (χ2n) is 6.57. The lowest BCUT2D eigenvalue weighted by atomic mass is 10.1. The summed E-state index contributed by atoms with van der Waals surface area (Å²) >= 11 is 12.1. The number of carbonyl (C=O) groups is 1. The summed E-state index contributed by atoms with van der Waals surface area (Å²) in [5.74, 6) is 0.668. The summed E-state index contributed by atoms with van der Waals surface area (Å²) in [6.07, 6.45) is 0. The third-order valence-corrected chi connectivity index (χ3v) is 5.54. The van der Waals surface area contributed by atoms with Crippen LogP contribution in [0.25, 0.3) is 5.69 Å². The standard InChI is InChI=1S/C19H18Cl2N6O/c1-13-22-23-24-27(13)16-4-2-3-14(11-16)19(28)26-9-7-25(8-10-26)15-5-6-17(20)18(21)12-15/h2-6,11-12H,7-10H2,1H3. The number of rotatable bonds is 3. The van der Waals surface area contributed by atoms with Gasteiger partial charge in [-0.3, -0.25) is 4.79 Å². The van der Waals surface area contributed by atoms with Crippen molar-refractivity contribution in [2.24, 2.45) is 0 Å². The van der Waals surface area contributed by atoms with Gasteiger partial charge in [0, 0.05) is 37.4 Å². The van der Waals surface area contributed by atoms with E-state index < -0.39 is 0 Å². The molecule has 7 nitrogen and oxygen atoms in total. The molecule has 1 amide bonds. The molecule has 0 bridgehead atoms. The summed E-state index contributed by atoms with van der Waals surface area (Å²) in [6.45, 7) is 4.54. The van der Waals surface area contributed by atoms with Crippen LogP contribution >= 0.6 is 23.2 Å². The Morgan fingerprint density at radius 2 is 1.75 bits per heavy atom. The third-order valence-electron chi connectivity index (χ3n) is 4.80. The van der Waals surface area contributed by atoms with Gasteiger partial charge < -0.3 is 9.80 Å². The van der Waals surface area contributed by atoms with Gasteiger partial charge in [-0.15, -0.1) is 5.10 Å². The molecule has 28 heavy (non-hydrogen) atoms. The van der Waals surface area contributed by atoms with Crippen molar-refractivity contribution < 1.29 is 4.79 Å². The van der Waals surface area contributed by atoms with Gasteiger partial charge in [0.2, 0.25) is 0 Å². The number of tetrazole rings is 1. The van der Waals surface area contributed by atoms with Crippen molar-refractivity contribution in [2.45, 2.75) is 6.92 Å². The number of hydrogen-bond acceptors (Lipinski definition) is 5. The first-order valence-corrected chi connectivity index (χ1v) is 9.63. The molecule has 0 aliphatic carbocycles. The first-order chi connectivity index (χ1) is 13.5. The Labute approximate surface area is 172 Å². The maximum Gasteiger partial charge on any atom is 0.254 e. The normalized spacial score (nSPS) is 14.4. The van der Waals surface area contributed by atoms with E-state index in [0.717, 1.165) is 24.5 Å². The van der Waals surface area contributed by atoms with E-state index in [1.807, 2.05) is 48.2 Å². The number of aryl methyl sites for hydroxylation is 1. The summed E-state index contributed by atoms with van der Waals surface area (Å²) in [5, 5.41) is 12.6. The smallest absolute Gasteiger partial charge is 0.254 e. The van der Waals surface area contributed by atoms with E-state index in [9.17, 15) is 4.79 Å². The van der Waals surface area contributed by atoms with E-state index in [4.69, 9.17) is 23.2 Å². The molecular weight excluding hydrogens is 399 g/mol. The van der Waals surface area contributed by atoms with Crippen LogP contribution in [0.5, 0.6) is 0 Å². The topological polar surface area (TPSA) is 67.2 Å². The average Bonchev–Trinajstić information content (AvgIpc) is 3.16. The molecule has 1 aliphatic rings. The Morgan fingerprint density at radius 3 is 2.43 bits per heavy atom. The van der Waals surface area contributed by atoms with Gasteiger partial charge in [0.1, 0.15) is 0 Å². The molecule has 9 heteroatoms. The molecule has 0 unspecified atom stereocenters. The quantitative estimate of drug-likeness (QED) is 0.655. The van der Waals surface area contributed by atoms with Gasteiger partial charge in [0.25, 0.3) is 5.91 Å². The molecule has 2 heterocycles. The molecule has 1 fully saturated rings. The Balaban J connectivity index is 1.46. The summed E-state index contributed by atoms with van der Waals surface area (Å²) in [7, 11) is 0. The minimum absolute atomic E-state index is 0.00126. The maximum absolute atomic E-state index is 13.0. The van der Waals surface area contributed by atoms with Gasteiger partial charge in [-0.05, 0) is 53.7 Å². The van der Waals surface area contributed by atoms with Gasteiger partial charge in [-0.2, -0.15) is 4.68 Å². The van der Waals surface area contributed by atoms with Crippen LogP contribution in [0.2, 0.25) is 10.0 Å². The number of anilines is 1. The van der Waals surface area contributed by atoms with E-state index in [1.54, 1.807) is 10.7 Å². The van der Waals surface area contributed by atoms with Crippen LogP contribution in [0.4, 0.5) is 5.69 Å². The third kappa shape index (κ3) is 3.68. The van der Waals surface area contributed by atoms with Gasteiger partial charge in [-0.1, -0.05) is 29.3 Å². The Hall–Kier alpha value is -2.64. The van der Waals surface area contributed by atoms with Crippen molar-refractivity contribution in [3.63, 3.8) is 0 Å². The highest BCUT2D eigenvalue weighted by atomic mass is 35.5. The van der Waals surface area contributed by atoms with Crippen LogP contribution in [0.1, 0.15) is 16.2 Å². The molecule has 4 rings (SSSR count). The van der Waals surface area contributed by atoms with Crippen LogP contribution in [-0.2, 0) is 0 Å². The van der Waals surface area contributed by atoms with Gasteiger partial charge >= 0.3 is 0 Å². The summed E-state index contributed by atoms with van der Waals surface area (Å²) in [6, 6.07) is 13.0. The largest absolute Gasteiger partial charge is 0.368 e. The fraction of sp³-hybridized carbons (Fsp3) is 0.263. The highest BCUT2D eigenvalue weighted by Gasteiger charge is 2.23. The Bertz CT molecular complexity index is 1010. The Morgan fingerprint density at radius 1 is 0.964 bits per heavy atom. The molecule has 0 atom stereocenters. The van der Waals surface area contributed by atoms with Crippen molar-refractivity contribution in [3.05, 3.63) is 63.9 Å². The summed E-state index contributed by atoms with van der Waals surface area (Å²) in [5.41, 5.74) is 2.40. The highest BCUT2D eigenvalue weighted by Crippen LogP contribution is 2.28. The second kappa shape index (κ2) is 7.77. The summed E-state index contributed by atoms with van der Waals surface area (Å²) in [4.78, 5) is 17.0. The van der Waals surface area contributed by atoms with E-state index >= 15 is 0 Å². The molecule has 1 aliphatic heterocycles. The molecule has 0 saturated carbocycles. The van der Waals surface area contributed by atoms with Crippen molar-refractivity contribution in [1.29, 1.82) is 0 Å². The van der Waals surface area contributed by atoms with Crippen molar-refractivity contribution in [1.82, 2.24) is 25.1 Å². The van der Waals surface area contributed by atoms with Gasteiger partial charge in [0.15, 0.2) is 5.82 Å². The number of hydrogen-bond donors (Lipinski definition) is 0. The number of amides is 1. The molecule has 1 saturated heterocycles. The number of halogens is 2. The van der Waals surface area contributed by atoms with Crippen LogP contribution in [0.3, 0.4) is 0 Å². The molecule has 2 aromatic carbocycles. The molecular formula is C19H18Cl2N6O. The van der Waals surface area contributed by atoms with E-state index in [2.05, 4.69) is 20.4 Å². The molecule has 3 aromatic rings. The first kappa shape index (κ1) is 18.7. The van der Waals surface area contributed by atoms with E-state index in [0.29, 0.717) is 34.5 Å². The van der Waals surface area contributed by atoms with Crippen molar-refractivity contribution in [2.75, 3.05) is 31.1 Å². The fourth-order valence-corrected chi connectivity index (χ4v) is 3.57. The number of aromatic nitrogens is 4. The Kier molecular flexibility index (Phi) is 5.19. The average molecular weight is 417 g/mol. The van der Waals surface area contributed by atoms with E-state index in [1.165, 1.54) is 0 Å². The van der Waals surface area contributed by atoms with E-state index in [-0.39, 0.29) is 5.91 Å². The van der Waals surface area contributed by atoms with Gasteiger partial charge in [-0.25, -0.2) is 0 Å².